The van der Waals surface area contributed by atoms with Crippen molar-refractivity contribution in [2.24, 2.45) is 0 Å². The average molecular weight is 309 g/mol. The first-order chi connectivity index (χ1) is 9.43. The Balaban J connectivity index is 2.63. The van der Waals surface area contributed by atoms with E-state index in [1.54, 1.807) is 20.8 Å². The minimum absolute atomic E-state index is 0.151. The Bertz CT molecular complexity index is 396. The number of carbonyl (C=O) groups is 2. The summed E-state index contributed by atoms with van der Waals surface area (Å²) in [4.78, 5) is 27.5. The molecule has 0 radical (unpaired) electrons. The van der Waals surface area contributed by atoms with Crippen molar-refractivity contribution in [3.8, 4) is 0 Å². The highest BCUT2D eigenvalue weighted by Crippen LogP contribution is 2.41. The van der Waals surface area contributed by atoms with Gasteiger partial charge in [0.25, 0.3) is 0 Å². The van der Waals surface area contributed by atoms with Gasteiger partial charge in [-0.25, -0.2) is 13.6 Å². The lowest BCUT2D eigenvalue weighted by Crippen LogP contribution is -2.47. The van der Waals surface area contributed by atoms with Crippen LogP contribution >= 0.6 is 0 Å². The van der Waals surface area contributed by atoms with Crippen LogP contribution in [0.25, 0.3) is 0 Å². The van der Waals surface area contributed by atoms with Gasteiger partial charge in [0.2, 0.25) is 5.92 Å². The van der Waals surface area contributed by atoms with E-state index in [-0.39, 0.29) is 12.8 Å². The van der Waals surface area contributed by atoms with Crippen LogP contribution in [-0.2, 0) is 14.4 Å². The molecule has 1 fully saturated rings. The van der Waals surface area contributed by atoms with Crippen molar-refractivity contribution in [2.45, 2.75) is 70.0 Å². The lowest BCUT2D eigenvalue weighted by molar-refractivity contribution is -0.176. The van der Waals surface area contributed by atoms with Gasteiger partial charge in [0.15, 0.2) is 0 Å². The minimum atomic E-state index is -2.82. The van der Waals surface area contributed by atoms with Gasteiger partial charge < -0.3 is 9.84 Å². The van der Waals surface area contributed by atoms with E-state index in [1.165, 1.54) is 0 Å². The Kier molecular flexibility index (Phi) is 5.14. The van der Waals surface area contributed by atoms with E-state index in [2.05, 4.69) is 0 Å². The van der Waals surface area contributed by atoms with E-state index in [4.69, 9.17) is 14.7 Å². The van der Waals surface area contributed by atoms with Crippen LogP contribution in [0.3, 0.4) is 0 Å². The third kappa shape index (κ3) is 6.24. The van der Waals surface area contributed by atoms with Gasteiger partial charge in [0, 0.05) is 12.8 Å². The number of halogens is 2. The van der Waals surface area contributed by atoms with E-state index >= 15 is 0 Å². The van der Waals surface area contributed by atoms with Gasteiger partial charge in [0.1, 0.15) is 11.2 Å². The number of nitrogens with one attached hydrogen (secondary N) is 1. The molecule has 0 aromatic rings. The summed E-state index contributed by atoms with van der Waals surface area (Å²) in [7, 11) is 0. The number of aliphatic carboxylic acids is 1. The molecular formula is C13H21F2NO5. The second-order valence-electron chi connectivity index (χ2n) is 6.32. The Hall–Kier alpha value is -1.44. The molecule has 0 bridgehead atoms. The number of carboxylic acid groups (broad SMARTS) is 1. The first-order valence-corrected chi connectivity index (χ1v) is 6.70. The SMILES string of the molecule is CC(C)(C)OC(=O)NOC1(CC(=O)O)CCC(F)(F)CC1. The van der Waals surface area contributed by atoms with Crippen LogP contribution in [0, 0.1) is 0 Å². The van der Waals surface area contributed by atoms with Crippen molar-refractivity contribution in [1.29, 1.82) is 0 Å². The summed E-state index contributed by atoms with van der Waals surface area (Å²) < 4.78 is 31.3. The first-order valence-electron chi connectivity index (χ1n) is 6.70. The highest BCUT2D eigenvalue weighted by Gasteiger charge is 2.46. The van der Waals surface area contributed by atoms with Crippen molar-refractivity contribution in [3.05, 3.63) is 0 Å². The van der Waals surface area contributed by atoms with Crippen LogP contribution in [0.4, 0.5) is 13.6 Å². The summed E-state index contributed by atoms with van der Waals surface area (Å²) in [5.41, 5.74) is -0.0589. The molecule has 6 nitrogen and oxygen atoms in total. The standard InChI is InChI=1S/C13H21F2NO5/c1-11(2,3)20-10(19)16-21-12(8-9(17)18)4-6-13(14,15)7-5-12/h4-8H2,1-3H3,(H,16,19)(H,17,18). The molecule has 0 aliphatic heterocycles. The summed E-state index contributed by atoms with van der Waals surface area (Å²) in [6, 6.07) is 0. The molecule has 1 aliphatic carbocycles. The first kappa shape index (κ1) is 17.6. The zero-order valence-corrected chi connectivity index (χ0v) is 12.4. The Morgan fingerprint density at radius 1 is 1.19 bits per heavy atom. The van der Waals surface area contributed by atoms with Gasteiger partial charge in [-0.05, 0) is 33.6 Å². The van der Waals surface area contributed by atoms with Crippen LogP contribution in [0.2, 0.25) is 0 Å². The Labute approximate surface area is 121 Å². The summed E-state index contributed by atoms with van der Waals surface area (Å²) in [6.07, 6.45) is -2.60. The predicted molar refractivity (Wildman–Crippen MR) is 68.9 cm³/mol. The van der Waals surface area contributed by atoms with Crippen LogP contribution < -0.4 is 5.48 Å². The lowest BCUT2D eigenvalue weighted by atomic mass is 9.80. The third-order valence-corrected chi connectivity index (χ3v) is 3.12. The Morgan fingerprint density at radius 3 is 2.14 bits per heavy atom. The zero-order chi connectivity index (χ0) is 16.3. The average Bonchev–Trinajstić information content (AvgIpc) is 2.28. The molecule has 0 spiro atoms. The number of hydrogen-bond donors (Lipinski definition) is 2. The molecule has 122 valence electrons. The van der Waals surface area contributed by atoms with Gasteiger partial charge in [-0.15, -0.1) is 0 Å². The quantitative estimate of drug-likeness (QED) is 0.780. The number of carboxylic acids is 1. The summed E-state index contributed by atoms with van der Waals surface area (Å²) in [6.45, 7) is 4.96. The molecule has 1 rings (SSSR count). The molecule has 0 heterocycles. The summed E-state index contributed by atoms with van der Waals surface area (Å²) >= 11 is 0. The maximum atomic E-state index is 13.2. The topological polar surface area (TPSA) is 84.9 Å². The molecule has 0 aromatic heterocycles. The fourth-order valence-corrected chi connectivity index (χ4v) is 2.11. The highest BCUT2D eigenvalue weighted by molar-refractivity contribution is 5.68. The second-order valence-corrected chi connectivity index (χ2v) is 6.32. The molecule has 1 amide bonds. The normalized spacial score (nSPS) is 20.6. The van der Waals surface area contributed by atoms with Gasteiger partial charge in [0.05, 0.1) is 6.42 Å². The fourth-order valence-electron chi connectivity index (χ4n) is 2.11. The number of carbonyl (C=O) groups excluding carboxylic acids is 1. The zero-order valence-electron chi connectivity index (χ0n) is 12.4. The molecule has 8 heteroatoms. The molecule has 0 unspecified atom stereocenters. The van der Waals surface area contributed by atoms with E-state index in [0.717, 1.165) is 0 Å². The second kappa shape index (κ2) is 6.13. The van der Waals surface area contributed by atoms with Gasteiger partial charge in [-0.3, -0.25) is 9.63 Å². The molecule has 1 saturated carbocycles. The van der Waals surface area contributed by atoms with Gasteiger partial charge in [-0.2, -0.15) is 5.48 Å². The predicted octanol–water partition coefficient (Wildman–Crippen LogP) is 2.87. The molecule has 0 atom stereocenters. The third-order valence-electron chi connectivity index (χ3n) is 3.12. The largest absolute Gasteiger partial charge is 0.481 e. The maximum absolute atomic E-state index is 13.2. The molecular weight excluding hydrogens is 288 g/mol. The molecule has 2 N–H and O–H groups in total. The van der Waals surface area contributed by atoms with Crippen molar-refractivity contribution in [1.82, 2.24) is 5.48 Å². The van der Waals surface area contributed by atoms with E-state index in [9.17, 15) is 18.4 Å². The van der Waals surface area contributed by atoms with Crippen LogP contribution in [0.15, 0.2) is 0 Å². The molecule has 0 aromatic carbocycles. The Morgan fingerprint density at radius 2 is 1.71 bits per heavy atom. The van der Waals surface area contributed by atoms with Crippen LogP contribution in [0.1, 0.15) is 52.9 Å². The fraction of sp³-hybridized carbons (Fsp3) is 0.846. The molecule has 0 saturated heterocycles. The van der Waals surface area contributed by atoms with E-state index in [1.807, 2.05) is 5.48 Å². The van der Waals surface area contributed by atoms with Crippen molar-refractivity contribution >= 4 is 12.1 Å². The maximum Gasteiger partial charge on any atom is 0.431 e. The number of rotatable bonds is 4. The van der Waals surface area contributed by atoms with E-state index in [0.29, 0.717) is 0 Å². The van der Waals surface area contributed by atoms with Gasteiger partial charge in [-0.1, -0.05) is 0 Å². The smallest absolute Gasteiger partial charge is 0.431 e. The summed E-state index contributed by atoms with van der Waals surface area (Å²) in [5, 5.41) is 8.90. The minimum Gasteiger partial charge on any atom is -0.481 e. The monoisotopic (exact) mass is 309 g/mol. The number of hydrogen-bond acceptors (Lipinski definition) is 4. The van der Waals surface area contributed by atoms with E-state index < -0.39 is 48.4 Å². The molecule has 21 heavy (non-hydrogen) atoms. The summed E-state index contributed by atoms with van der Waals surface area (Å²) in [5.74, 6) is -4.00. The van der Waals surface area contributed by atoms with Gasteiger partial charge >= 0.3 is 12.1 Å². The van der Waals surface area contributed by atoms with Crippen LogP contribution in [-0.4, -0.2) is 34.3 Å². The van der Waals surface area contributed by atoms with Crippen LogP contribution in [0.5, 0.6) is 0 Å². The number of hydroxylamine groups is 1. The van der Waals surface area contributed by atoms with Crippen molar-refractivity contribution in [3.63, 3.8) is 0 Å². The number of alkyl halides is 2. The lowest BCUT2D eigenvalue weighted by Gasteiger charge is -2.38. The molecule has 1 aliphatic rings. The highest BCUT2D eigenvalue weighted by atomic mass is 19.3. The number of ether oxygens (including phenoxy) is 1. The van der Waals surface area contributed by atoms with Crippen molar-refractivity contribution < 1.29 is 33.1 Å². The number of amides is 1. The van der Waals surface area contributed by atoms with Crippen molar-refractivity contribution in [2.75, 3.05) is 0 Å².